The van der Waals surface area contributed by atoms with Crippen LogP contribution in [0.1, 0.15) is 114 Å². The molecule has 1 rings (SSSR count). The van der Waals surface area contributed by atoms with Crippen LogP contribution in [0.15, 0.2) is 24.3 Å². The number of unbranched alkanes of at least 4 members (excludes halogenated alkanes) is 10. The molecule has 0 aliphatic rings. The van der Waals surface area contributed by atoms with Crippen LogP contribution in [0.3, 0.4) is 0 Å². The second kappa shape index (κ2) is 15.3. The first kappa shape index (κ1) is 24.4. The van der Waals surface area contributed by atoms with E-state index >= 15 is 0 Å². The van der Waals surface area contributed by atoms with E-state index in [0.717, 1.165) is 18.4 Å². The molecule has 0 saturated carbocycles. The van der Waals surface area contributed by atoms with Crippen LogP contribution < -0.4 is 0 Å². The highest BCUT2D eigenvalue weighted by atomic mass is 16.5. The van der Waals surface area contributed by atoms with Crippen molar-refractivity contribution in [2.75, 3.05) is 0 Å². The van der Waals surface area contributed by atoms with E-state index in [1.807, 2.05) is 38.1 Å². The first-order chi connectivity index (χ1) is 13.5. The fourth-order valence-corrected chi connectivity index (χ4v) is 3.27. The Morgan fingerprint density at radius 2 is 1.29 bits per heavy atom. The van der Waals surface area contributed by atoms with E-state index in [9.17, 15) is 9.59 Å². The van der Waals surface area contributed by atoms with Crippen LogP contribution in [-0.4, -0.2) is 11.8 Å². The molecule has 3 nitrogen and oxygen atoms in total. The van der Waals surface area contributed by atoms with Crippen molar-refractivity contribution in [3.63, 3.8) is 0 Å². The van der Waals surface area contributed by atoms with Gasteiger partial charge in [-0.25, -0.2) is 0 Å². The van der Waals surface area contributed by atoms with Gasteiger partial charge in [0.15, 0.2) is 5.78 Å². The maximum absolute atomic E-state index is 11.9. The third-order valence-electron chi connectivity index (χ3n) is 5.15. The number of carbonyl (C=O) groups excluding carboxylic acids is 2. The van der Waals surface area contributed by atoms with Gasteiger partial charge in [0.05, 0.1) is 0 Å². The summed E-state index contributed by atoms with van der Waals surface area (Å²) in [6.45, 7) is 6.33. The molecule has 1 aromatic carbocycles. The number of ketones is 1. The van der Waals surface area contributed by atoms with Crippen molar-refractivity contribution in [1.82, 2.24) is 0 Å². The largest absolute Gasteiger partial charge is 0.461 e. The number of Topliss-reactive ketones (excluding diaryl/α,β-unsaturated/α-hetero) is 1. The zero-order chi connectivity index (χ0) is 20.6. The Labute approximate surface area is 172 Å². The van der Waals surface area contributed by atoms with Gasteiger partial charge < -0.3 is 4.74 Å². The molecule has 0 bridgehead atoms. The van der Waals surface area contributed by atoms with E-state index in [2.05, 4.69) is 6.92 Å². The first-order valence-electron chi connectivity index (χ1n) is 11.3. The molecular weight excluding hydrogens is 348 g/mol. The SMILES string of the molecule is CCCCCCCCCCCCCC(=O)OCc1ccc(C(=O)C(C)C)cc1. The number of carbonyl (C=O) groups is 2. The summed E-state index contributed by atoms with van der Waals surface area (Å²) in [4.78, 5) is 23.8. The summed E-state index contributed by atoms with van der Waals surface area (Å²) in [5.74, 6) is 0.00719. The third-order valence-corrected chi connectivity index (χ3v) is 5.15. The van der Waals surface area contributed by atoms with Gasteiger partial charge in [0, 0.05) is 17.9 Å². The molecule has 0 aromatic heterocycles. The number of hydrogen-bond donors (Lipinski definition) is 0. The Bertz CT molecular complexity index is 545. The molecule has 0 aliphatic carbocycles. The van der Waals surface area contributed by atoms with Crippen molar-refractivity contribution >= 4 is 11.8 Å². The maximum Gasteiger partial charge on any atom is 0.306 e. The molecule has 0 heterocycles. The Kier molecular flexibility index (Phi) is 13.3. The second-order valence-corrected chi connectivity index (χ2v) is 8.16. The van der Waals surface area contributed by atoms with Crippen LogP contribution in [0, 0.1) is 5.92 Å². The first-order valence-corrected chi connectivity index (χ1v) is 11.3. The molecule has 1 aromatic rings. The minimum atomic E-state index is -0.127. The number of hydrogen-bond acceptors (Lipinski definition) is 3. The summed E-state index contributed by atoms with van der Waals surface area (Å²) in [6.07, 6.45) is 14.5. The quantitative estimate of drug-likeness (QED) is 0.170. The van der Waals surface area contributed by atoms with Crippen LogP contribution in [0.5, 0.6) is 0 Å². The monoisotopic (exact) mass is 388 g/mol. The molecule has 0 amide bonds. The lowest BCUT2D eigenvalue weighted by Gasteiger charge is -2.07. The molecule has 0 atom stereocenters. The average molecular weight is 389 g/mol. The van der Waals surface area contributed by atoms with Crippen molar-refractivity contribution in [3.8, 4) is 0 Å². The number of rotatable bonds is 16. The third kappa shape index (κ3) is 11.3. The van der Waals surface area contributed by atoms with Crippen molar-refractivity contribution in [3.05, 3.63) is 35.4 Å². The highest BCUT2D eigenvalue weighted by Crippen LogP contribution is 2.13. The number of ether oxygens (including phenoxy) is 1. The lowest BCUT2D eigenvalue weighted by Crippen LogP contribution is -2.08. The van der Waals surface area contributed by atoms with Gasteiger partial charge in [0.1, 0.15) is 6.61 Å². The summed E-state index contributed by atoms with van der Waals surface area (Å²) < 4.78 is 5.34. The molecule has 0 unspecified atom stereocenters. The molecule has 0 saturated heterocycles. The van der Waals surface area contributed by atoms with E-state index in [1.54, 1.807) is 0 Å². The molecule has 28 heavy (non-hydrogen) atoms. The van der Waals surface area contributed by atoms with E-state index in [4.69, 9.17) is 4.74 Å². The second-order valence-electron chi connectivity index (χ2n) is 8.16. The molecule has 3 heteroatoms. The van der Waals surface area contributed by atoms with Crippen LogP contribution >= 0.6 is 0 Å². The predicted octanol–water partition coefficient (Wildman–Crippen LogP) is 7.27. The van der Waals surface area contributed by atoms with Gasteiger partial charge in [-0.15, -0.1) is 0 Å². The Hall–Kier alpha value is -1.64. The van der Waals surface area contributed by atoms with Gasteiger partial charge in [-0.2, -0.15) is 0 Å². The van der Waals surface area contributed by atoms with E-state index in [0.29, 0.717) is 12.0 Å². The predicted molar refractivity (Wildman–Crippen MR) is 116 cm³/mol. The zero-order valence-corrected chi connectivity index (χ0v) is 18.3. The van der Waals surface area contributed by atoms with Gasteiger partial charge in [-0.3, -0.25) is 9.59 Å². The highest BCUT2D eigenvalue weighted by molar-refractivity contribution is 5.97. The summed E-state index contributed by atoms with van der Waals surface area (Å²) in [7, 11) is 0. The zero-order valence-electron chi connectivity index (χ0n) is 18.3. The van der Waals surface area contributed by atoms with Crippen molar-refractivity contribution in [2.45, 2.75) is 104 Å². The van der Waals surface area contributed by atoms with E-state index < -0.39 is 0 Å². The van der Waals surface area contributed by atoms with Gasteiger partial charge in [0.2, 0.25) is 0 Å². The average Bonchev–Trinajstić information content (AvgIpc) is 2.70. The fourth-order valence-electron chi connectivity index (χ4n) is 3.27. The summed E-state index contributed by atoms with van der Waals surface area (Å²) in [6, 6.07) is 7.36. The fraction of sp³-hybridized carbons (Fsp3) is 0.680. The van der Waals surface area contributed by atoms with Crippen molar-refractivity contribution in [2.24, 2.45) is 5.92 Å². The number of esters is 1. The summed E-state index contributed by atoms with van der Waals surface area (Å²) in [5, 5.41) is 0. The van der Waals surface area contributed by atoms with Crippen molar-refractivity contribution < 1.29 is 14.3 Å². The molecule has 0 radical (unpaired) electrons. The van der Waals surface area contributed by atoms with Crippen LogP contribution in [0.25, 0.3) is 0 Å². The summed E-state index contributed by atoms with van der Waals surface area (Å²) in [5.41, 5.74) is 1.64. The Balaban J connectivity index is 2.03. The standard InChI is InChI=1S/C25H40O3/c1-4-5-6-7-8-9-10-11-12-13-14-15-24(26)28-20-22-16-18-23(19-17-22)25(27)21(2)3/h16-19,21H,4-15,20H2,1-3H3. The minimum Gasteiger partial charge on any atom is -0.461 e. The summed E-state index contributed by atoms with van der Waals surface area (Å²) >= 11 is 0. The van der Waals surface area contributed by atoms with Crippen LogP contribution in [0.4, 0.5) is 0 Å². The smallest absolute Gasteiger partial charge is 0.306 e. The molecule has 0 aliphatic heterocycles. The van der Waals surface area contributed by atoms with Gasteiger partial charge >= 0.3 is 5.97 Å². The van der Waals surface area contributed by atoms with Gasteiger partial charge in [0.25, 0.3) is 0 Å². The Morgan fingerprint density at radius 1 is 0.786 bits per heavy atom. The van der Waals surface area contributed by atoms with E-state index in [1.165, 1.54) is 57.8 Å². The van der Waals surface area contributed by atoms with Crippen LogP contribution in [0.2, 0.25) is 0 Å². The topological polar surface area (TPSA) is 43.4 Å². The highest BCUT2D eigenvalue weighted by Gasteiger charge is 2.10. The molecule has 158 valence electrons. The normalized spacial score (nSPS) is 11.0. The van der Waals surface area contributed by atoms with Gasteiger partial charge in [-0.1, -0.05) is 109 Å². The molecule has 0 spiro atoms. The minimum absolute atomic E-state index is 0.00512. The molecule has 0 fully saturated rings. The Morgan fingerprint density at radius 3 is 1.79 bits per heavy atom. The lowest BCUT2D eigenvalue weighted by atomic mass is 10.0. The lowest BCUT2D eigenvalue weighted by molar-refractivity contribution is -0.145. The van der Waals surface area contributed by atoms with E-state index in [-0.39, 0.29) is 24.3 Å². The van der Waals surface area contributed by atoms with Gasteiger partial charge in [-0.05, 0) is 12.0 Å². The maximum atomic E-state index is 11.9. The van der Waals surface area contributed by atoms with Crippen molar-refractivity contribution in [1.29, 1.82) is 0 Å². The van der Waals surface area contributed by atoms with Crippen LogP contribution in [-0.2, 0) is 16.1 Å². The molecular formula is C25H40O3. The molecule has 0 N–H and O–H groups in total. The number of benzene rings is 1.